The minimum atomic E-state index is -4.55. The number of hydrogen-bond acceptors (Lipinski definition) is 4. The molecule has 6 nitrogen and oxygen atoms in total. The number of amides is 1. The number of aromatic nitrogens is 3. The standard InChI is InChI=1S/C16H11F5N4O2/c17-15(18)27-11-4-2-1-3-10(11)14(26)22-7-13-24-23-12-6-5-9(8-25(12)13)16(19,20)21/h1-6,8,15H,7H2,(H,22,26). The van der Waals surface area contributed by atoms with E-state index in [1.165, 1.54) is 24.3 Å². The minimum absolute atomic E-state index is 0.0386. The van der Waals surface area contributed by atoms with Crippen molar-refractivity contribution in [3.05, 3.63) is 59.5 Å². The lowest BCUT2D eigenvalue weighted by Gasteiger charge is -2.11. The zero-order chi connectivity index (χ0) is 19.6. The Kier molecular flexibility index (Phi) is 4.93. The molecular weight excluding hydrogens is 375 g/mol. The lowest BCUT2D eigenvalue weighted by molar-refractivity contribution is -0.137. The van der Waals surface area contributed by atoms with Crippen LogP contribution in [0.4, 0.5) is 22.0 Å². The number of nitrogens with zero attached hydrogens (tertiary/aromatic N) is 3. The van der Waals surface area contributed by atoms with E-state index < -0.39 is 24.3 Å². The monoisotopic (exact) mass is 386 g/mol. The molecule has 11 heteroatoms. The molecule has 0 unspecified atom stereocenters. The number of carbonyl (C=O) groups excluding carboxylic acids is 1. The third-order valence-electron chi connectivity index (χ3n) is 3.56. The third kappa shape index (κ3) is 4.13. The first-order valence-electron chi connectivity index (χ1n) is 7.48. The van der Waals surface area contributed by atoms with Gasteiger partial charge >= 0.3 is 12.8 Å². The van der Waals surface area contributed by atoms with Crippen molar-refractivity contribution in [3.8, 4) is 5.75 Å². The molecule has 0 aliphatic rings. The first kappa shape index (κ1) is 18.5. The summed E-state index contributed by atoms with van der Waals surface area (Å²) in [6.45, 7) is -3.38. The summed E-state index contributed by atoms with van der Waals surface area (Å²) in [5.74, 6) is -1.04. The van der Waals surface area contributed by atoms with Crippen molar-refractivity contribution in [2.45, 2.75) is 19.3 Å². The van der Waals surface area contributed by atoms with Gasteiger partial charge in [-0.05, 0) is 24.3 Å². The van der Waals surface area contributed by atoms with Gasteiger partial charge in [-0.15, -0.1) is 10.2 Å². The smallest absolute Gasteiger partial charge is 0.417 e. The van der Waals surface area contributed by atoms with Gasteiger partial charge in [0.15, 0.2) is 11.5 Å². The Balaban J connectivity index is 1.80. The van der Waals surface area contributed by atoms with Crippen molar-refractivity contribution in [1.82, 2.24) is 19.9 Å². The molecule has 0 aliphatic heterocycles. The van der Waals surface area contributed by atoms with Crippen LogP contribution in [0.1, 0.15) is 21.7 Å². The number of pyridine rings is 1. The summed E-state index contributed by atoms with van der Waals surface area (Å²) in [4.78, 5) is 12.2. The minimum Gasteiger partial charge on any atom is -0.434 e. The Morgan fingerprint density at radius 1 is 1.15 bits per heavy atom. The average molecular weight is 386 g/mol. The van der Waals surface area contributed by atoms with Crippen LogP contribution in [-0.2, 0) is 12.7 Å². The van der Waals surface area contributed by atoms with Crippen molar-refractivity contribution in [2.75, 3.05) is 0 Å². The van der Waals surface area contributed by atoms with E-state index in [1.54, 1.807) is 0 Å². The quantitative estimate of drug-likeness (QED) is 0.684. The Morgan fingerprint density at radius 2 is 1.89 bits per heavy atom. The van der Waals surface area contributed by atoms with Crippen LogP contribution in [0.2, 0.25) is 0 Å². The van der Waals surface area contributed by atoms with Crippen LogP contribution in [0, 0.1) is 0 Å². The average Bonchev–Trinajstić information content (AvgIpc) is 3.01. The van der Waals surface area contributed by atoms with Crippen molar-refractivity contribution < 1.29 is 31.5 Å². The molecular formula is C16H11F5N4O2. The number of nitrogens with one attached hydrogen (secondary N) is 1. The molecule has 0 fully saturated rings. The number of ether oxygens (including phenoxy) is 1. The third-order valence-corrected chi connectivity index (χ3v) is 3.56. The van der Waals surface area contributed by atoms with Crippen molar-refractivity contribution in [3.63, 3.8) is 0 Å². The Labute approximate surface area is 148 Å². The molecule has 3 aromatic rings. The fourth-order valence-electron chi connectivity index (χ4n) is 2.33. The molecule has 0 radical (unpaired) electrons. The van der Waals surface area contributed by atoms with Crippen LogP contribution in [0.25, 0.3) is 5.65 Å². The molecule has 0 saturated heterocycles. The number of fused-ring (bicyclic) bond motifs is 1. The lowest BCUT2D eigenvalue weighted by Crippen LogP contribution is -2.25. The highest BCUT2D eigenvalue weighted by Crippen LogP contribution is 2.29. The van der Waals surface area contributed by atoms with Gasteiger partial charge in [0.25, 0.3) is 5.91 Å². The highest BCUT2D eigenvalue weighted by Gasteiger charge is 2.31. The molecule has 27 heavy (non-hydrogen) atoms. The number of halogens is 5. The number of para-hydroxylation sites is 1. The van der Waals surface area contributed by atoms with Crippen LogP contribution < -0.4 is 10.1 Å². The molecule has 0 bridgehead atoms. The summed E-state index contributed by atoms with van der Waals surface area (Å²) >= 11 is 0. The van der Waals surface area contributed by atoms with Crippen molar-refractivity contribution >= 4 is 11.6 Å². The van der Waals surface area contributed by atoms with E-state index in [1.807, 2.05) is 0 Å². The van der Waals surface area contributed by atoms with Gasteiger partial charge in [0, 0.05) is 6.20 Å². The van der Waals surface area contributed by atoms with Crippen LogP contribution >= 0.6 is 0 Å². The Morgan fingerprint density at radius 3 is 2.59 bits per heavy atom. The summed E-state index contributed by atoms with van der Waals surface area (Å²) in [6.07, 6.45) is -3.74. The maximum Gasteiger partial charge on any atom is 0.417 e. The van der Waals surface area contributed by atoms with E-state index in [0.29, 0.717) is 0 Å². The van der Waals surface area contributed by atoms with Gasteiger partial charge in [-0.25, -0.2) is 0 Å². The molecule has 142 valence electrons. The summed E-state index contributed by atoms with van der Waals surface area (Å²) in [5.41, 5.74) is -0.894. The predicted octanol–water partition coefficient (Wildman–Crippen LogP) is 3.28. The molecule has 0 aliphatic carbocycles. The number of alkyl halides is 5. The maximum atomic E-state index is 12.8. The summed E-state index contributed by atoms with van der Waals surface area (Å²) in [5, 5.41) is 9.85. The predicted molar refractivity (Wildman–Crippen MR) is 82.2 cm³/mol. The summed E-state index contributed by atoms with van der Waals surface area (Å²) in [6, 6.07) is 7.35. The zero-order valence-corrected chi connectivity index (χ0v) is 13.4. The van der Waals surface area contributed by atoms with Gasteiger partial charge in [0.2, 0.25) is 0 Å². The maximum absolute atomic E-state index is 12.8. The SMILES string of the molecule is O=C(NCc1nnc2ccc(C(F)(F)F)cn12)c1ccccc1OC(F)F. The largest absolute Gasteiger partial charge is 0.434 e. The molecule has 0 saturated carbocycles. The second-order valence-electron chi connectivity index (χ2n) is 5.32. The molecule has 2 heterocycles. The fraction of sp³-hybridized carbons (Fsp3) is 0.188. The highest BCUT2D eigenvalue weighted by atomic mass is 19.4. The van der Waals surface area contributed by atoms with Crippen LogP contribution in [-0.4, -0.2) is 27.1 Å². The van der Waals surface area contributed by atoms with E-state index in [9.17, 15) is 26.7 Å². The highest BCUT2D eigenvalue weighted by molar-refractivity contribution is 5.96. The molecule has 0 atom stereocenters. The van der Waals surface area contributed by atoms with Gasteiger partial charge in [0.1, 0.15) is 5.75 Å². The second kappa shape index (κ2) is 7.17. The van der Waals surface area contributed by atoms with Crippen LogP contribution in [0.3, 0.4) is 0 Å². The van der Waals surface area contributed by atoms with E-state index in [2.05, 4.69) is 20.3 Å². The van der Waals surface area contributed by atoms with Gasteiger partial charge in [-0.3, -0.25) is 9.20 Å². The molecule has 0 spiro atoms. The Bertz CT molecular complexity index is 971. The Hall–Kier alpha value is -3.24. The van der Waals surface area contributed by atoms with Gasteiger partial charge in [0.05, 0.1) is 17.7 Å². The van der Waals surface area contributed by atoms with E-state index in [-0.39, 0.29) is 29.3 Å². The number of hydrogen-bond donors (Lipinski definition) is 1. The molecule has 1 amide bonds. The number of carbonyl (C=O) groups is 1. The second-order valence-corrected chi connectivity index (χ2v) is 5.32. The van der Waals surface area contributed by atoms with Crippen molar-refractivity contribution in [2.24, 2.45) is 0 Å². The summed E-state index contributed by atoms with van der Waals surface area (Å²) < 4.78 is 68.7. The molecule has 2 aromatic heterocycles. The topological polar surface area (TPSA) is 68.5 Å². The number of benzene rings is 1. The molecule has 1 N–H and O–H groups in total. The first-order chi connectivity index (χ1) is 12.8. The summed E-state index contributed by atoms with van der Waals surface area (Å²) in [7, 11) is 0. The van der Waals surface area contributed by atoms with E-state index >= 15 is 0 Å². The number of rotatable bonds is 5. The van der Waals surface area contributed by atoms with Crippen molar-refractivity contribution in [1.29, 1.82) is 0 Å². The first-order valence-corrected chi connectivity index (χ1v) is 7.48. The van der Waals surface area contributed by atoms with Gasteiger partial charge in [-0.1, -0.05) is 12.1 Å². The van der Waals surface area contributed by atoms with Gasteiger partial charge in [-0.2, -0.15) is 22.0 Å². The molecule has 3 rings (SSSR count). The zero-order valence-electron chi connectivity index (χ0n) is 13.4. The van der Waals surface area contributed by atoms with Gasteiger partial charge < -0.3 is 10.1 Å². The normalized spacial score (nSPS) is 11.8. The van der Waals surface area contributed by atoms with Crippen LogP contribution in [0.5, 0.6) is 5.75 Å². The van der Waals surface area contributed by atoms with E-state index in [4.69, 9.17) is 0 Å². The fourth-order valence-corrected chi connectivity index (χ4v) is 2.33. The van der Waals surface area contributed by atoms with Crippen LogP contribution in [0.15, 0.2) is 42.6 Å². The lowest BCUT2D eigenvalue weighted by atomic mass is 10.2. The van der Waals surface area contributed by atoms with E-state index in [0.717, 1.165) is 22.7 Å². The molecule has 1 aromatic carbocycles.